The van der Waals surface area contributed by atoms with Gasteiger partial charge in [-0.15, -0.1) is 11.3 Å². The highest BCUT2D eigenvalue weighted by Crippen LogP contribution is 2.29. The molecule has 0 saturated carbocycles. The predicted octanol–water partition coefficient (Wildman–Crippen LogP) is 5.21. The molecule has 0 aliphatic carbocycles. The molecular formula is C20H19NO2S. The minimum absolute atomic E-state index is 0.519. The molecule has 0 aliphatic heterocycles. The lowest BCUT2D eigenvalue weighted by atomic mass is 10.2. The molecule has 122 valence electrons. The van der Waals surface area contributed by atoms with Gasteiger partial charge in [-0.1, -0.05) is 42.5 Å². The molecule has 4 heteroatoms. The summed E-state index contributed by atoms with van der Waals surface area (Å²) >= 11 is 1.63. The van der Waals surface area contributed by atoms with E-state index in [4.69, 9.17) is 9.47 Å². The zero-order valence-corrected chi connectivity index (χ0v) is 14.5. The first-order chi connectivity index (χ1) is 11.7. The van der Waals surface area contributed by atoms with Crippen LogP contribution < -0.4 is 9.47 Å². The molecule has 1 aromatic heterocycles. The zero-order valence-electron chi connectivity index (χ0n) is 13.7. The summed E-state index contributed by atoms with van der Waals surface area (Å²) < 4.78 is 11.3. The maximum atomic E-state index is 5.88. The molecule has 0 bridgehead atoms. The van der Waals surface area contributed by atoms with E-state index in [1.54, 1.807) is 18.4 Å². The molecule has 3 nitrogen and oxygen atoms in total. The van der Waals surface area contributed by atoms with Crippen molar-refractivity contribution in [2.45, 2.75) is 13.5 Å². The van der Waals surface area contributed by atoms with Crippen LogP contribution in [0.3, 0.4) is 0 Å². The Morgan fingerprint density at radius 1 is 1.04 bits per heavy atom. The van der Waals surface area contributed by atoms with Gasteiger partial charge in [0, 0.05) is 11.1 Å². The first-order valence-electron chi connectivity index (χ1n) is 7.69. The normalized spacial score (nSPS) is 10.9. The molecule has 0 atom stereocenters. The van der Waals surface area contributed by atoms with Crippen LogP contribution in [-0.4, -0.2) is 12.1 Å². The SMILES string of the molecule is COc1cc(/C=C/c2nc(C)cs2)ccc1OCc1ccccc1. The van der Waals surface area contributed by atoms with Crippen molar-refractivity contribution in [3.05, 3.63) is 75.7 Å². The molecule has 24 heavy (non-hydrogen) atoms. The summed E-state index contributed by atoms with van der Waals surface area (Å²) in [5.41, 5.74) is 3.22. The van der Waals surface area contributed by atoms with Gasteiger partial charge in [-0.05, 0) is 36.3 Å². The highest BCUT2D eigenvalue weighted by molar-refractivity contribution is 7.10. The van der Waals surface area contributed by atoms with E-state index in [1.165, 1.54) is 0 Å². The van der Waals surface area contributed by atoms with E-state index >= 15 is 0 Å². The van der Waals surface area contributed by atoms with E-state index in [0.717, 1.165) is 33.3 Å². The van der Waals surface area contributed by atoms with Crippen molar-refractivity contribution in [1.29, 1.82) is 0 Å². The van der Waals surface area contributed by atoms with Gasteiger partial charge in [0.1, 0.15) is 11.6 Å². The van der Waals surface area contributed by atoms with Crippen molar-refractivity contribution in [3.63, 3.8) is 0 Å². The molecule has 0 radical (unpaired) electrons. The van der Waals surface area contributed by atoms with Crippen LogP contribution in [0.2, 0.25) is 0 Å². The van der Waals surface area contributed by atoms with Crippen LogP contribution in [0.5, 0.6) is 11.5 Å². The summed E-state index contributed by atoms with van der Waals surface area (Å²) in [7, 11) is 1.66. The fourth-order valence-electron chi connectivity index (χ4n) is 2.26. The number of ether oxygens (including phenoxy) is 2. The number of benzene rings is 2. The lowest BCUT2D eigenvalue weighted by Crippen LogP contribution is -1.97. The van der Waals surface area contributed by atoms with E-state index < -0.39 is 0 Å². The minimum Gasteiger partial charge on any atom is -0.493 e. The Morgan fingerprint density at radius 3 is 2.58 bits per heavy atom. The van der Waals surface area contributed by atoms with Gasteiger partial charge in [-0.25, -0.2) is 4.98 Å². The third kappa shape index (κ3) is 4.24. The fraction of sp³-hybridized carbons (Fsp3) is 0.150. The van der Waals surface area contributed by atoms with Gasteiger partial charge in [0.2, 0.25) is 0 Å². The van der Waals surface area contributed by atoms with Gasteiger partial charge >= 0.3 is 0 Å². The summed E-state index contributed by atoms with van der Waals surface area (Å²) in [5, 5.41) is 3.04. The molecular weight excluding hydrogens is 318 g/mol. The van der Waals surface area contributed by atoms with Crippen LogP contribution in [0.1, 0.15) is 21.8 Å². The van der Waals surface area contributed by atoms with Gasteiger partial charge in [-0.2, -0.15) is 0 Å². The van der Waals surface area contributed by atoms with E-state index in [2.05, 4.69) is 4.98 Å². The molecule has 3 rings (SSSR count). The lowest BCUT2D eigenvalue weighted by Gasteiger charge is -2.11. The predicted molar refractivity (Wildman–Crippen MR) is 99.5 cm³/mol. The third-order valence-electron chi connectivity index (χ3n) is 3.48. The van der Waals surface area contributed by atoms with Crippen LogP contribution >= 0.6 is 11.3 Å². The van der Waals surface area contributed by atoms with Gasteiger partial charge in [-0.3, -0.25) is 0 Å². The van der Waals surface area contributed by atoms with Crippen molar-refractivity contribution in [2.75, 3.05) is 7.11 Å². The Bertz CT molecular complexity index is 825. The first-order valence-corrected chi connectivity index (χ1v) is 8.57. The number of hydrogen-bond donors (Lipinski definition) is 0. The average Bonchev–Trinajstić information content (AvgIpc) is 3.04. The number of aromatic nitrogens is 1. The summed E-state index contributed by atoms with van der Waals surface area (Å²) in [6.07, 6.45) is 4.04. The Kier molecular flexibility index (Phi) is 5.29. The maximum absolute atomic E-state index is 5.88. The molecule has 1 heterocycles. The Hall–Kier alpha value is -2.59. The molecule has 0 saturated heterocycles. The number of aryl methyl sites for hydroxylation is 1. The Morgan fingerprint density at radius 2 is 1.88 bits per heavy atom. The van der Waals surface area contributed by atoms with E-state index in [0.29, 0.717) is 6.61 Å². The van der Waals surface area contributed by atoms with Crippen LogP contribution in [0.4, 0.5) is 0 Å². The van der Waals surface area contributed by atoms with E-state index in [-0.39, 0.29) is 0 Å². The summed E-state index contributed by atoms with van der Waals surface area (Å²) in [5.74, 6) is 1.46. The zero-order chi connectivity index (χ0) is 16.8. The molecule has 0 spiro atoms. The standard InChI is InChI=1S/C20H19NO2S/c1-15-14-24-20(21-15)11-9-16-8-10-18(19(12-16)22-2)23-13-17-6-4-3-5-7-17/h3-12,14H,13H2,1-2H3/b11-9+. The second-order valence-corrected chi connectivity index (χ2v) is 6.23. The van der Waals surface area contributed by atoms with Gasteiger partial charge in [0.15, 0.2) is 11.5 Å². The lowest BCUT2D eigenvalue weighted by molar-refractivity contribution is 0.284. The second kappa shape index (κ2) is 7.79. The molecule has 0 unspecified atom stereocenters. The van der Waals surface area contributed by atoms with Crippen molar-refractivity contribution >= 4 is 23.5 Å². The van der Waals surface area contributed by atoms with Crippen molar-refractivity contribution in [1.82, 2.24) is 4.98 Å². The fourth-order valence-corrected chi connectivity index (χ4v) is 2.95. The average molecular weight is 337 g/mol. The largest absolute Gasteiger partial charge is 0.493 e. The summed E-state index contributed by atoms with van der Waals surface area (Å²) in [4.78, 5) is 4.42. The Balaban J connectivity index is 1.71. The number of nitrogens with zero attached hydrogens (tertiary/aromatic N) is 1. The molecule has 3 aromatic rings. The summed E-state index contributed by atoms with van der Waals surface area (Å²) in [6, 6.07) is 16.0. The summed E-state index contributed by atoms with van der Waals surface area (Å²) in [6.45, 7) is 2.51. The third-order valence-corrected chi connectivity index (χ3v) is 4.41. The van der Waals surface area contributed by atoms with Gasteiger partial charge in [0.05, 0.1) is 7.11 Å². The van der Waals surface area contributed by atoms with Gasteiger partial charge < -0.3 is 9.47 Å². The second-order valence-electron chi connectivity index (χ2n) is 5.35. The van der Waals surface area contributed by atoms with E-state index in [9.17, 15) is 0 Å². The number of thiazole rings is 1. The molecule has 0 amide bonds. The number of rotatable bonds is 6. The molecule has 0 aliphatic rings. The molecule has 0 fully saturated rings. The highest BCUT2D eigenvalue weighted by Gasteiger charge is 2.05. The van der Waals surface area contributed by atoms with Crippen LogP contribution in [0, 0.1) is 6.92 Å². The molecule has 2 aromatic carbocycles. The monoisotopic (exact) mass is 337 g/mol. The van der Waals surface area contributed by atoms with Crippen molar-refractivity contribution in [2.24, 2.45) is 0 Å². The Labute approximate surface area is 146 Å². The van der Waals surface area contributed by atoms with E-state index in [1.807, 2.05) is 73.0 Å². The van der Waals surface area contributed by atoms with Gasteiger partial charge in [0.25, 0.3) is 0 Å². The quantitative estimate of drug-likeness (QED) is 0.619. The van der Waals surface area contributed by atoms with Crippen LogP contribution in [-0.2, 0) is 6.61 Å². The number of methoxy groups -OCH3 is 1. The van der Waals surface area contributed by atoms with Crippen molar-refractivity contribution < 1.29 is 9.47 Å². The number of hydrogen-bond acceptors (Lipinski definition) is 4. The van der Waals surface area contributed by atoms with Crippen LogP contribution in [0.15, 0.2) is 53.9 Å². The maximum Gasteiger partial charge on any atom is 0.161 e. The van der Waals surface area contributed by atoms with Crippen molar-refractivity contribution in [3.8, 4) is 11.5 Å². The van der Waals surface area contributed by atoms with Crippen LogP contribution in [0.25, 0.3) is 12.2 Å². The first kappa shape index (κ1) is 16.3. The molecule has 0 N–H and O–H groups in total. The topological polar surface area (TPSA) is 31.4 Å². The highest BCUT2D eigenvalue weighted by atomic mass is 32.1. The smallest absolute Gasteiger partial charge is 0.161 e. The minimum atomic E-state index is 0.519.